The molecule has 2 rings (SSSR count). The van der Waals surface area contributed by atoms with Gasteiger partial charge >= 0.3 is 0 Å². The predicted octanol–water partition coefficient (Wildman–Crippen LogP) is 1.99. The topological polar surface area (TPSA) is 73.1 Å². The number of nitrogens with zero attached hydrogens (tertiary/aromatic N) is 2. The molecule has 0 atom stereocenters. The number of aromatic nitrogens is 2. The van der Waals surface area contributed by atoms with Crippen molar-refractivity contribution < 1.29 is 4.74 Å². The zero-order chi connectivity index (χ0) is 13.0. The summed E-state index contributed by atoms with van der Waals surface area (Å²) in [4.78, 5) is 8.09. The van der Waals surface area contributed by atoms with Crippen LogP contribution in [-0.4, -0.2) is 17.1 Å². The first-order valence-electron chi connectivity index (χ1n) is 5.64. The third-order valence-corrected chi connectivity index (χ3v) is 2.72. The van der Waals surface area contributed by atoms with Crippen LogP contribution in [0, 0.1) is 6.92 Å². The quantitative estimate of drug-likeness (QED) is 0.860. The fourth-order valence-corrected chi connectivity index (χ4v) is 1.61. The molecular weight excluding hydrogens is 228 g/mol. The van der Waals surface area contributed by atoms with Crippen LogP contribution in [0.4, 0.5) is 11.6 Å². The van der Waals surface area contributed by atoms with Gasteiger partial charge in [-0.25, -0.2) is 9.97 Å². The number of nitrogen functional groups attached to an aromatic ring is 1. The molecule has 1 heterocycles. The van der Waals surface area contributed by atoms with E-state index in [9.17, 15) is 0 Å². The summed E-state index contributed by atoms with van der Waals surface area (Å²) in [6.07, 6.45) is 1.45. The highest BCUT2D eigenvalue weighted by Gasteiger charge is 2.03. The van der Waals surface area contributed by atoms with Gasteiger partial charge in [-0.2, -0.15) is 0 Å². The van der Waals surface area contributed by atoms with Gasteiger partial charge in [0, 0.05) is 12.1 Å². The Labute approximate surface area is 106 Å². The van der Waals surface area contributed by atoms with Crippen molar-refractivity contribution >= 4 is 11.6 Å². The summed E-state index contributed by atoms with van der Waals surface area (Å²) >= 11 is 0. The molecule has 18 heavy (non-hydrogen) atoms. The normalized spacial score (nSPS) is 10.1. The highest BCUT2D eigenvalue weighted by atomic mass is 16.5. The maximum atomic E-state index is 5.72. The molecule has 5 nitrogen and oxygen atoms in total. The number of rotatable bonds is 4. The Balaban J connectivity index is 2.09. The van der Waals surface area contributed by atoms with Crippen molar-refractivity contribution in [1.29, 1.82) is 0 Å². The van der Waals surface area contributed by atoms with E-state index in [4.69, 9.17) is 10.5 Å². The molecule has 0 fully saturated rings. The summed E-state index contributed by atoms with van der Waals surface area (Å²) in [7, 11) is 1.65. The molecule has 94 valence electrons. The monoisotopic (exact) mass is 244 g/mol. The largest absolute Gasteiger partial charge is 0.497 e. The molecule has 0 unspecified atom stereocenters. The van der Waals surface area contributed by atoms with Gasteiger partial charge in [0.2, 0.25) is 0 Å². The van der Waals surface area contributed by atoms with Crippen molar-refractivity contribution in [2.45, 2.75) is 13.5 Å². The van der Waals surface area contributed by atoms with Gasteiger partial charge in [0.05, 0.1) is 7.11 Å². The lowest BCUT2D eigenvalue weighted by Gasteiger charge is -2.10. The molecule has 0 aliphatic rings. The molecule has 1 aromatic carbocycles. The second-order valence-corrected chi connectivity index (χ2v) is 3.94. The number of nitrogens with one attached hydrogen (secondary N) is 1. The van der Waals surface area contributed by atoms with Crippen LogP contribution in [0.3, 0.4) is 0 Å². The van der Waals surface area contributed by atoms with E-state index in [1.165, 1.54) is 6.33 Å². The molecule has 0 bridgehead atoms. The third kappa shape index (κ3) is 2.68. The molecule has 2 aromatic rings. The van der Waals surface area contributed by atoms with Gasteiger partial charge in [0.15, 0.2) is 0 Å². The van der Waals surface area contributed by atoms with E-state index in [1.54, 1.807) is 7.11 Å². The van der Waals surface area contributed by atoms with Crippen LogP contribution in [0.1, 0.15) is 11.1 Å². The van der Waals surface area contributed by atoms with Crippen LogP contribution in [0.15, 0.2) is 30.6 Å². The number of hydrogen-bond acceptors (Lipinski definition) is 5. The van der Waals surface area contributed by atoms with Crippen LogP contribution < -0.4 is 15.8 Å². The van der Waals surface area contributed by atoms with E-state index >= 15 is 0 Å². The summed E-state index contributed by atoms with van der Waals surface area (Å²) in [5, 5.41) is 3.23. The van der Waals surface area contributed by atoms with Crippen molar-refractivity contribution in [2.75, 3.05) is 18.2 Å². The molecule has 0 saturated heterocycles. The highest BCUT2D eigenvalue weighted by Crippen LogP contribution is 2.17. The van der Waals surface area contributed by atoms with Gasteiger partial charge in [-0.3, -0.25) is 0 Å². The SMILES string of the molecule is COc1cccc(CNc2ncnc(N)c2C)c1. The minimum Gasteiger partial charge on any atom is -0.497 e. The van der Waals surface area contributed by atoms with Crippen molar-refractivity contribution in [3.05, 3.63) is 41.7 Å². The lowest BCUT2D eigenvalue weighted by Crippen LogP contribution is -2.06. The number of hydrogen-bond donors (Lipinski definition) is 2. The molecule has 0 amide bonds. The van der Waals surface area contributed by atoms with E-state index in [0.717, 1.165) is 22.7 Å². The second-order valence-electron chi connectivity index (χ2n) is 3.94. The smallest absolute Gasteiger partial charge is 0.134 e. The van der Waals surface area contributed by atoms with E-state index in [0.29, 0.717) is 12.4 Å². The van der Waals surface area contributed by atoms with Crippen molar-refractivity contribution in [3.63, 3.8) is 0 Å². The van der Waals surface area contributed by atoms with Gasteiger partial charge in [-0.05, 0) is 24.6 Å². The minimum absolute atomic E-state index is 0.498. The Morgan fingerprint density at radius 2 is 2.17 bits per heavy atom. The third-order valence-electron chi connectivity index (χ3n) is 2.72. The molecule has 1 aromatic heterocycles. The molecule has 0 aliphatic carbocycles. The molecule has 3 N–H and O–H groups in total. The maximum absolute atomic E-state index is 5.72. The Morgan fingerprint density at radius 1 is 1.33 bits per heavy atom. The Hall–Kier alpha value is -2.30. The van der Waals surface area contributed by atoms with Gasteiger partial charge in [0.25, 0.3) is 0 Å². The summed E-state index contributed by atoms with van der Waals surface area (Å²) in [6.45, 7) is 2.55. The summed E-state index contributed by atoms with van der Waals surface area (Å²) < 4.78 is 5.18. The predicted molar refractivity (Wildman–Crippen MR) is 71.5 cm³/mol. The van der Waals surface area contributed by atoms with Crippen LogP contribution in [-0.2, 0) is 6.54 Å². The molecular formula is C13H16N4O. The standard InChI is InChI=1S/C13H16N4O/c1-9-12(14)16-8-17-13(9)15-7-10-4-3-5-11(6-10)18-2/h3-6,8H,7H2,1-2H3,(H3,14,15,16,17). The number of ether oxygens (including phenoxy) is 1. The summed E-state index contributed by atoms with van der Waals surface area (Å²) in [5.74, 6) is 2.09. The minimum atomic E-state index is 0.498. The number of anilines is 2. The Kier molecular flexibility index (Phi) is 3.62. The summed E-state index contributed by atoms with van der Waals surface area (Å²) in [6, 6.07) is 7.87. The molecule has 5 heteroatoms. The number of nitrogens with two attached hydrogens (primary N) is 1. The number of methoxy groups -OCH3 is 1. The highest BCUT2D eigenvalue weighted by molar-refractivity contribution is 5.54. The first-order chi connectivity index (χ1) is 8.70. The first-order valence-corrected chi connectivity index (χ1v) is 5.64. The number of benzene rings is 1. The maximum Gasteiger partial charge on any atom is 0.134 e. The molecule has 0 radical (unpaired) electrons. The summed E-state index contributed by atoms with van der Waals surface area (Å²) in [5.41, 5.74) is 7.70. The molecule has 0 spiro atoms. The molecule has 0 saturated carbocycles. The van der Waals surface area contributed by atoms with E-state index < -0.39 is 0 Å². The van der Waals surface area contributed by atoms with Gasteiger partial charge in [-0.1, -0.05) is 12.1 Å². The zero-order valence-electron chi connectivity index (χ0n) is 10.5. The average Bonchev–Trinajstić information content (AvgIpc) is 2.41. The Morgan fingerprint density at radius 3 is 2.94 bits per heavy atom. The van der Waals surface area contributed by atoms with Crippen molar-refractivity contribution in [1.82, 2.24) is 9.97 Å². The fourth-order valence-electron chi connectivity index (χ4n) is 1.61. The molecule has 0 aliphatic heterocycles. The van der Waals surface area contributed by atoms with Crippen LogP contribution in [0.5, 0.6) is 5.75 Å². The van der Waals surface area contributed by atoms with Gasteiger partial charge in [-0.15, -0.1) is 0 Å². The fraction of sp³-hybridized carbons (Fsp3) is 0.231. The van der Waals surface area contributed by atoms with Crippen molar-refractivity contribution in [2.24, 2.45) is 0 Å². The lowest BCUT2D eigenvalue weighted by atomic mass is 10.2. The van der Waals surface area contributed by atoms with Crippen LogP contribution >= 0.6 is 0 Å². The lowest BCUT2D eigenvalue weighted by molar-refractivity contribution is 0.414. The van der Waals surface area contributed by atoms with Crippen molar-refractivity contribution in [3.8, 4) is 5.75 Å². The first kappa shape index (κ1) is 12.2. The Bertz CT molecular complexity index is 542. The van der Waals surface area contributed by atoms with E-state index in [2.05, 4.69) is 15.3 Å². The average molecular weight is 244 g/mol. The van der Waals surface area contributed by atoms with Crippen LogP contribution in [0.25, 0.3) is 0 Å². The zero-order valence-corrected chi connectivity index (χ0v) is 10.5. The second kappa shape index (κ2) is 5.35. The van der Waals surface area contributed by atoms with Gasteiger partial charge < -0.3 is 15.8 Å². The van der Waals surface area contributed by atoms with E-state index in [1.807, 2.05) is 31.2 Å². The van der Waals surface area contributed by atoms with Gasteiger partial charge in [0.1, 0.15) is 23.7 Å². The van der Waals surface area contributed by atoms with Crippen LogP contribution in [0.2, 0.25) is 0 Å². The van der Waals surface area contributed by atoms with E-state index in [-0.39, 0.29) is 0 Å².